The molecule has 4 aromatic carbocycles. The first kappa shape index (κ1) is 14.1. The molecule has 4 aromatic rings. The smallest absolute Gasteiger partial charge is 0.0323 e. The highest BCUT2D eigenvalue weighted by Gasteiger charge is 2.21. The largest absolute Gasteiger partial charge is 0.399 e. The van der Waals surface area contributed by atoms with Gasteiger partial charge in [-0.25, -0.2) is 0 Å². The Morgan fingerprint density at radius 1 is 0.680 bits per heavy atom. The molecule has 0 radical (unpaired) electrons. The van der Waals surface area contributed by atoms with Gasteiger partial charge in [-0.15, -0.1) is 0 Å². The average molecular weight is 322 g/mol. The molecule has 0 saturated carbocycles. The predicted molar refractivity (Wildman–Crippen MR) is 108 cm³/mol. The molecule has 5 rings (SSSR count). The molecule has 0 amide bonds. The van der Waals surface area contributed by atoms with Crippen LogP contribution < -0.4 is 11.5 Å². The molecular formula is C23H18N2. The van der Waals surface area contributed by atoms with Gasteiger partial charge in [0.15, 0.2) is 0 Å². The normalized spacial score (nSPS) is 15.8. The van der Waals surface area contributed by atoms with Crippen LogP contribution in [-0.4, -0.2) is 0 Å². The molecule has 0 saturated heterocycles. The van der Waals surface area contributed by atoms with Crippen LogP contribution in [-0.2, 0) is 0 Å². The molecule has 1 atom stereocenters. The molecule has 0 aromatic heterocycles. The summed E-state index contributed by atoms with van der Waals surface area (Å²) in [6.07, 6.45) is 4.50. The highest BCUT2D eigenvalue weighted by Crippen LogP contribution is 2.41. The summed E-state index contributed by atoms with van der Waals surface area (Å²) in [6.45, 7) is 0. The Kier molecular flexibility index (Phi) is 2.89. The topological polar surface area (TPSA) is 52.0 Å². The minimum absolute atomic E-state index is 0.173. The van der Waals surface area contributed by atoms with Crippen LogP contribution in [0.2, 0.25) is 0 Å². The van der Waals surface area contributed by atoms with Gasteiger partial charge in [-0.3, -0.25) is 0 Å². The van der Waals surface area contributed by atoms with E-state index in [1.165, 1.54) is 32.8 Å². The van der Waals surface area contributed by atoms with Crippen LogP contribution in [0.25, 0.3) is 27.6 Å². The van der Waals surface area contributed by atoms with E-state index in [4.69, 9.17) is 11.5 Å². The zero-order valence-electron chi connectivity index (χ0n) is 13.7. The van der Waals surface area contributed by atoms with Gasteiger partial charge in [0.25, 0.3) is 0 Å². The minimum Gasteiger partial charge on any atom is -0.399 e. The first-order valence-corrected chi connectivity index (χ1v) is 8.49. The molecule has 2 heteroatoms. The van der Waals surface area contributed by atoms with Crippen molar-refractivity contribution in [3.05, 3.63) is 89.5 Å². The van der Waals surface area contributed by atoms with E-state index in [-0.39, 0.29) is 5.92 Å². The van der Waals surface area contributed by atoms with E-state index in [9.17, 15) is 0 Å². The van der Waals surface area contributed by atoms with Crippen molar-refractivity contribution in [2.45, 2.75) is 5.92 Å². The highest BCUT2D eigenvalue weighted by atomic mass is 14.6. The van der Waals surface area contributed by atoms with E-state index >= 15 is 0 Å². The Labute approximate surface area is 146 Å². The zero-order valence-corrected chi connectivity index (χ0v) is 13.7. The number of nitrogens with two attached hydrogens (primary N) is 2. The summed E-state index contributed by atoms with van der Waals surface area (Å²) >= 11 is 0. The third-order valence-electron chi connectivity index (χ3n) is 5.14. The summed E-state index contributed by atoms with van der Waals surface area (Å²) < 4.78 is 0. The van der Waals surface area contributed by atoms with Gasteiger partial charge in [0.2, 0.25) is 0 Å². The van der Waals surface area contributed by atoms with E-state index in [1.54, 1.807) is 0 Å². The third-order valence-corrected chi connectivity index (χ3v) is 5.14. The Bertz CT molecular complexity index is 1170. The molecule has 1 aliphatic rings. The number of nitrogen functional groups attached to an aromatic ring is 2. The monoisotopic (exact) mass is 322 g/mol. The Hall–Kier alpha value is -3.26. The van der Waals surface area contributed by atoms with Crippen LogP contribution in [0.4, 0.5) is 11.4 Å². The molecule has 0 fully saturated rings. The maximum absolute atomic E-state index is 6.21. The SMILES string of the molecule is Nc1cc(C2C=Cc3cccc4cccc2c34)c2cc(N)ccc2c1. The molecule has 2 nitrogen and oxygen atoms in total. The van der Waals surface area contributed by atoms with E-state index < -0.39 is 0 Å². The van der Waals surface area contributed by atoms with Gasteiger partial charge < -0.3 is 11.5 Å². The Morgan fingerprint density at radius 2 is 1.52 bits per heavy atom. The number of hydrogen-bond acceptors (Lipinski definition) is 2. The maximum atomic E-state index is 6.21. The fourth-order valence-electron chi connectivity index (χ4n) is 4.06. The fraction of sp³-hybridized carbons (Fsp3) is 0.0435. The minimum atomic E-state index is 0.173. The van der Waals surface area contributed by atoms with Crippen LogP contribution >= 0.6 is 0 Å². The van der Waals surface area contributed by atoms with Gasteiger partial charge in [0.05, 0.1) is 0 Å². The number of anilines is 2. The Balaban J connectivity index is 1.84. The molecule has 0 heterocycles. The lowest BCUT2D eigenvalue weighted by molar-refractivity contribution is 1.05. The van der Waals surface area contributed by atoms with Crippen LogP contribution in [0.5, 0.6) is 0 Å². The number of fused-ring (bicyclic) bond motifs is 1. The summed E-state index contributed by atoms with van der Waals surface area (Å²) in [5, 5.41) is 4.90. The van der Waals surface area contributed by atoms with Crippen molar-refractivity contribution in [1.29, 1.82) is 0 Å². The number of rotatable bonds is 1. The molecule has 1 aliphatic carbocycles. The fourth-order valence-corrected chi connectivity index (χ4v) is 4.06. The second-order valence-corrected chi connectivity index (χ2v) is 6.72. The molecule has 4 N–H and O–H groups in total. The van der Waals surface area contributed by atoms with E-state index in [1.807, 2.05) is 18.2 Å². The van der Waals surface area contributed by atoms with Crippen molar-refractivity contribution in [2.75, 3.05) is 11.5 Å². The van der Waals surface area contributed by atoms with Crippen molar-refractivity contribution in [2.24, 2.45) is 0 Å². The van der Waals surface area contributed by atoms with Gasteiger partial charge in [-0.05, 0) is 62.5 Å². The standard InChI is InChI=1S/C23H18N2/c24-17-9-7-16-11-18(25)13-22(21(16)12-17)19-10-8-15-4-1-3-14-5-2-6-20(19)23(14)15/h1-13,19H,24-25H2. The molecule has 1 unspecified atom stereocenters. The second-order valence-electron chi connectivity index (χ2n) is 6.72. The van der Waals surface area contributed by atoms with Gasteiger partial charge in [0.1, 0.15) is 0 Å². The molecule has 120 valence electrons. The zero-order chi connectivity index (χ0) is 17.0. The highest BCUT2D eigenvalue weighted by molar-refractivity contribution is 5.98. The first-order valence-electron chi connectivity index (χ1n) is 8.49. The predicted octanol–water partition coefficient (Wildman–Crippen LogP) is 5.32. The third kappa shape index (κ3) is 2.11. The first-order chi connectivity index (χ1) is 12.2. The molecular weight excluding hydrogens is 304 g/mol. The van der Waals surface area contributed by atoms with Crippen LogP contribution in [0.1, 0.15) is 22.6 Å². The van der Waals surface area contributed by atoms with Gasteiger partial charge >= 0.3 is 0 Å². The molecule has 25 heavy (non-hydrogen) atoms. The summed E-state index contributed by atoms with van der Waals surface area (Å²) in [4.78, 5) is 0. The van der Waals surface area contributed by atoms with Crippen molar-refractivity contribution < 1.29 is 0 Å². The molecule has 0 bridgehead atoms. The lowest BCUT2D eigenvalue weighted by Gasteiger charge is -2.23. The average Bonchev–Trinajstić information content (AvgIpc) is 2.62. The van der Waals surface area contributed by atoms with Gasteiger partial charge in [-0.2, -0.15) is 0 Å². The van der Waals surface area contributed by atoms with Crippen molar-refractivity contribution in [3.63, 3.8) is 0 Å². The summed E-state index contributed by atoms with van der Waals surface area (Å²) in [5.74, 6) is 0.173. The van der Waals surface area contributed by atoms with Gasteiger partial charge in [0, 0.05) is 17.3 Å². The van der Waals surface area contributed by atoms with E-state index in [0.29, 0.717) is 0 Å². The quantitative estimate of drug-likeness (QED) is 0.466. The maximum Gasteiger partial charge on any atom is 0.0323 e. The van der Waals surface area contributed by atoms with E-state index in [2.05, 4.69) is 60.7 Å². The van der Waals surface area contributed by atoms with Crippen molar-refractivity contribution in [1.82, 2.24) is 0 Å². The number of benzene rings is 4. The summed E-state index contributed by atoms with van der Waals surface area (Å²) in [7, 11) is 0. The second kappa shape index (κ2) is 5.12. The number of allylic oxidation sites excluding steroid dienone is 1. The van der Waals surface area contributed by atoms with Crippen LogP contribution in [0, 0.1) is 0 Å². The lowest BCUT2D eigenvalue weighted by atomic mass is 9.80. The molecule has 0 spiro atoms. The summed E-state index contributed by atoms with van der Waals surface area (Å²) in [5.41, 5.74) is 17.6. The lowest BCUT2D eigenvalue weighted by Crippen LogP contribution is -2.05. The molecule has 0 aliphatic heterocycles. The van der Waals surface area contributed by atoms with Gasteiger partial charge in [-0.1, -0.05) is 54.6 Å². The van der Waals surface area contributed by atoms with Crippen LogP contribution in [0.3, 0.4) is 0 Å². The number of hydrogen-bond donors (Lipinski definition) is 2. The van der Waals surface area contributed by atoms with E-state index in [0.717, 1.165) is 16.8 Å². The summed E-state index contributed by atoms with van der Waals surface area (Å²) in [6, 6.07) is 23.1. The van der Waals surface area contributed by atoms with Crippen LogP contribution in [0.15, 0.2) is 72.8 Å². The van der Waals surface area contributed by atoms with Crippen molar-refractivity contribution in [3.8, 4) is 0 Å². The Morgan fingerprint density at radius 3 is 2.40 bits per heavy atom. The van der Waals surface area contributed by atoms with Crippen molar-refractivity contribution >= 4 is 39.0 Å².